The number of rotatable bonds is 2. The summed E-state index contributed by atoms with van der Waals surface area (Å²) < 4.78 is 0. The predicted octanol–water partition coefficient (Wildman–Crippen LogP) is 2.26. The van der Waals surface area contributed by atoms with Crippen LogP contribution in [0.15, 0.2) is 47.7 Å². The lowest BCUT2D eigenvalue weighted by Crippen LogP contribution is -2.21. The van der Waals surface area contributed by atoms with Crippen molar-refractivity contribution in [1.29, 1.82) is 0 Å². The molecule has 0 unspecified atom stereocenters. The first-order valence-electron chi connectivity index (χ1n) is 5.99. The zero-order valence-electron chi connectivity index (χ0n) is 10.4. The van der Waals surface area contributed by atoms with Gasteiger partial charge in [-0.25, -0.2) is 9.97 Å². The van der Waals surface area contributed by atoms with Crippen LogP contribution in [0.5, 0.6) is 0 Å². The van der Waals surface area contributed by atoms with E-state index in [1.165, 1.54) is 5.01 Å². The van der Waals surface area contributed by atoms with E-state index >= 15 is 0 Å². The molecule has 1 aliphatic heterocycles. The van der Waals surface area contributed by atoms with Gasteiger partial charge in [-0.1, -0.05) is 30.3 Å². The molecule has 5 nitrogen and oxygen atoms in total. The molecule has 0 radical (unpaired) electrons. The number of hydrazone groups is 1. The van der Waals surface area contributed by atoms with Crippen molar-refractivity contribution in [1.82, 2.24) is 9.97 Å². The van der Waals surface area contributed by atoms with E-state index in [0.29, 0.717) is 12.4 Å². The van der Waals surface area contributed by atoms with Crippen LogP contribution in [0.3, 0.4) is 0 Å². The Balaban J connectivity index is 1.99. The molecule has 0 N–H and O–H groups in total. The summed E-state index contributed by atoms with van der Waals surface area (Å²) in [6.45, 7) is 1.82. The Labute approximate surface area is 110 Å². The summed E-state index contributed by atoms with van der Waals surface area (Å²) in [6.07, 6.45) is 1.97. The van der Waals surface area contributed by atoms with Crippen LogP contribution in [0.25, 0.3) is 11.3 Å². The van der Waals surface area contributed by atoms with E-state index in [1.54, 1.807) is 6.20 Å². The van der Waals surface area contributed by atoms with E-state index in [4.69, 9.17) is 0 Å². The van der Waals surface area contributed by atoms with Gasteiger partial charge in [0.05, 0.1) is 12.1 Å². The summed E-state index contributed by atoms with van der Waals surface area (Å²) in [7, 11) is 0. The van der Waals surface area contributed by atoms with Gasteiger partial charge in [0.1, 0.15) is 0 Å². The Morgan fingerprint density at radius 2 is 1.95 bits per heavy atom. The van der Waals surface area contributed by atoms with Gasteiger partial charge in [-0.15, -0.1) is 0 Å². The predicted molar refractivity (Wildman–Crippen MR) is 72.7 cm³/mol. The van der Waals surface area contributed by atoms with Crippen LogP contribution < -0.4 is 5.01 Å². The van der Waals surface area contributed by atoms with E-state index < -0.39 is 0 Å². The molecule has 2 heterocycles. The number of anilines is 1. The van der Waals surface area contributed by atoms with Crippen molar-refractivity contribution in [2.75, 3.05) is 5.01 Å². The van der Waals surface area contributed by atoms with Gasteiger partial charge in [0, 0.05) is 17.5 Å². The van der Waals surface area contributed by atoms with E-state index in [0.717, 1.165) is 17.0 Å². The van der Waals surface area contributed by atoms with Crippen LogP contribution in [0.1, 0.15) is 13.3 Å². The molecule has 94 valence electrons. The number of nitrogens with zero attached hydrogens (tertiary/aromatic N) is 4. The van der Waals surface area contributed by atoms with Crippen molar-refractivity contribution >= 4 is 17.6 Å². The molecular formula is C14H12N4O. The third kappa shape index (κ3) is 2.22. The number of carbonyl (C=O) groups excluding carboxylic acids is 1. The second-order valence-corrected chi connectivity index (χ2v) is 4.33. The SMILES string of the molecule is CC1=NN(c2nccc(-c3ccccc3)n2)C(=O)C1. The summed E-state index contributed by atoms with van der Waals surface area (Å²) in [6, 6.07) is 11.6. The summed E-state index contributed by atoms with van der Waals surface area (Å²) in [5.41, 5.74) is 2.54. The topological polar surface area (TPSA) is 58.5 Å². The first-order valence-corrected chi connectivity index (χ1v) is 5.99. The number of carbonyl (C=O) groups is 1. The lowest BCUT2D eigenvalue weighted by Gasteiger charge is -2.10. The first-order chi connectivity index (χ1) is 9.24. The maximum atomic E-state index is 11.8. The average molecular weight is 252 g/mol. The molecule has 1 amide bonds. The van der Waals surface area contributed by atoms with Gasteiger partial charge < -0.3 is 0 Å². The van der Waals surface area contributed by atoms with Crippen LogP contribution >= 0.6 is 0 Å². The fourth-order valence-electron chi connectivity index (χ4n) is 1.93. The molecule has 1 aromatic heterocycles. The highest BCUT2D eigenvalue weighted by molar-refractivity contribution is 6.11. The van der Waals surface area contributed by atoms with Crippen molar-refractivity contribution in [2.45, 2.75) is 13.3 Å². The van der Waals surface area contributed by atoms with Crippen LogP contribution in [0, 0.1) is 0 Å². The Hall–Kier alpha value is -2.56. The Kier molecular flexibility index (Phi) is 2.79. The Bertz CT molecular complexity index is 652. The molecule has 0 atom stereocenters. The highest BCUT2D eigenvalue weighted by Crippen LogP contribution is 2.21. The second kappa shape index (κ2) is 4.61. The summed E-state index contributed by atoms with van der Waals surface area (Å²) in [5, 5.41) is 5.42. The molecule has 3 rings (SSSR count). The normalized spacial score (nSPS) is 14.7. The number of amides is 1. The summed E-state index contributed by atoms with van der Waals surface area (Å²) in [5.74, 6) is 0.228. The van der Waals surface area contributed by atoms with Gasteiger partial charge in [0.25, 0.3) is 11.9 Å². The molecule has 1 aromatic carbocycles. The van der Waals surface area contributed by atoms with Crippen LogP contribution in [-0.4, -0.2) is 21.6 Å². The number of hydrogen-bond donors (Lipinski definition) is 0. The Morgan fingerprint density at radius 3 is 2.63 bits per heavy atom. The van der Waals surface area contributed by atoms with Crippen molar-refractivity contribution in [3.05, 3.63) is 42.6 Å². The second-order valence-electron chi connectivity index (χ2n) is 4.33. The van der Waals surface area contributed by atoms with E-state index in [-0.39, 0.29) is 5.91 Å². The molecule has 0 bridgehead atoms. The van der Waals surface area contributed by atoms with Crippen molar-refractivity contribution in [3.63, 3.8) is 0 Å². The third-order valence-electron chi connectivity index (χ3n) is 2.82. The molecule has 0 aliphatic carbocycles. The van der Waals surface area contributed by atoms with Gasteiger partial charge in [0.2, 0.25) is 0 Å². The minimum Gasteiger partial charge on any atom is -0.272 e. The molecule has 19 heavy (non-hydrogen) atoms. The zero-order valence-corrected chi connectivity index (χ0v) is 10.4. The molecule has 0 saturated carbocycles. The minimum absolute atomic E-state index is 0.0947. The molecule has 0 saturated heterocycles. The van der Waals surface area contributed by atoms with E-state index in [9.17, 15) is 4.79 Å². The average Bonchev–Trinajstić information content (AvgIpc) is 2.79. The number of benzene rings is 1. The van der Waals surface area contributed by atoms with Crippen molar-refractivity contribution in [3.8, 4) is 11.3 Å². The fraction of sp³-hybridized carbons (Fsp3) is 0.143. The first kappa shape index (κ1) is 11.5. The summed E-state index contributed by atoms with van der Waals surface area (Å²) >= 11 is 0. The van der Waals surface area contributed by atoms with Crippen molar-refractivity contribution < 1.29 is 4.79 Å². The zero-order chi connectivity index (χ0) is 13.2. The van der Waals surface area contributed by atoms with E-state index in [2.05, 4.69) is 15.1 Å². The molecule has 2 aromatic rings. The smallest absolute Gasteiger partial charge is 0.255 e. The molecule has 1 aliphatic rings. The third-order valence-corrected chi connectivity index (χ3v) is 2.82. The quantitative estimate of drug-likeness (QED) is 0.823. The summed E-state index contributed by atoms with van der Waals surface area (Å²) in [4.78, 5) is 20.3. The maximum absolute atomic E-state index is 11.8. The number of aromatic nitrogens is 2. The van der Waals surface area contributed by atoms with Gasteiger partial charge >= 0.3 is 0 Å². The van der Waals surface area contributed by atoms with Crippen LogP contribution in [-0.2, 0) is 4.79 Å². The Morgan fingerprint density at radius 1 is 1.16 bits per heavy atom. The lowest BCUT2D eigenvalue weighted by atomic mass is 10.1. The molecule has 5 heteroatoms. The van der Waals surface area contributed by atoms with Crippen molar-refractivity contribution in [2.24, 2.45) is 5.10 Å². The molecule has 0 spiro atoms. The van der Waals surface area contributed by atoms with Gasteiger partial charge in [-0.3, -0.25) is 4.79 Å². The highest BCUT2D eigenvalue weighted by atomic mass is 16.2. The largest absolute Gasteiger partial charge is 0.272 e. The number of hydrogen-bond acceptors (Lipinski definition) is 4. The standard InChI is InChI=1S/C14H12N4O/c1-10-9-13(19)18(17-10)14-15-8-7-12(16-14)11-5-3-2-4-6-11/h2-8H,9H2,1H3. The van der Waals surface area contributed by atoms with Gasteiger partial charge in [0.15, 0.2) is 0 Å². The van der Waals surface area contributed by atoms with Crippen LogP contribution in [0.2, 0.25) is 0 Å². The molecule has 0 fully saturated rings. The fourth-order valence-corrected chi connectivity index (χ4v) is 1.93. The van der Waals surface area contributed by atoms with Gasteiger partial charge in [-0.2, -0.15) is 10.1 Å². The minimum atomic E-state index is -0.0947. The lowest BCUT2D eigenvalue weighted by molar-refractivity contribution is -0.117. The molecular weight excluding hydrogens is 240 g/mol. The van der Waals surface area contributed by atoms with E-state index in [1.807, 2.05) is 43.3 Å². The maximum Gasteiger partial charge on any atom is 0.255 e. The van der Waals surface area contributed by atoms with Gasteiger partial charge in [-0.05, 0) is 13.0 Å². The highest BCUT2D eigenvalue weighted by Gasteiger charge is 2.25. The van der Waals surface area contributed by atoms with Crippen LogP contribution in [0.4, 0.5) is 5.95 Å². The monoisotopic (exact) mass is 252 g/mol.